The highest BCUT2D eigenvalue weighted by atomic mass is 16.2. The van der Waals surface area contributed by atoms with Crippen LogP contribution >= 0.6 is 0 Å². The van der Waals surface area contributed by atoms with Gasteiger partial charge in [0, 0.05) is 10.9 Å². The third-order valence-electron chi connectivity index (χ3n) is 5.04. The number of amides is 2. The van der Waals surface area contributed by atoms with Crippen LogP contribution in [0, 0.1) is 0 Å². The van der Waals surface area contributed by atoms with Crippen LogP contribution in [-0.4, -0.2) is 11.8 Å². The fourth-order valence-electron chi connectivity index (χ4n) is 3.79. The van der Waals surface area contributed by atoms with Crippen LogP contribution in [0.4, 0.5) is 16.2 Å². The highest BCUT2D eigenvalue weighted by Gasteiger charge is 2.29. The Morgan fingerprint density at radius 3 is 2.11 bits per heavy atom. The summed E-state index contributed by atoms with van der Waals surface area (Å²) >= 11 is 0. The lowest BCUT2D eigenvalue weighted by Crippen LogP contribution is -2.21. The molecule has 4 heteroatoms. The second-order valence-corrected chi connectivity index (χ2v) is 6.71. The van der Waals surface area contributed by atoms with Gasteiger partial charge in [0.15, 0.2) is 5.78 Å². The summed E-state index contributed by atoms with van der Waals surface area (Å²) in [5, 5.41) is 7.76. The van der Waals surface area contributed by atoms with Crippen LogP contribution in [0.3, 0.4) is 0 Å². The molecule has 4 aromatic rings. The van der Waals surface area contributed by atoms with E-state index in [-0.39, 0.29) is 11.8 Å². The summed E-state index contributed by atoms with van der Waals surface area (Å²) in [6, 6.07) is 26.3. The van der Waals surface area contributed by atoms with Crippen molar-refractivity contribution in [1.82, 2.24) is 0 Å². The molecular formula is C24H16N2O2. The number of carbonyl (C=O) groups is 2. The molecule has 0 aliphatic heterocycles. The smallest absolute Gasteiger partial charge is 0.307 e. The van der Waals surface area contributed by atoms with Gasteiger partial charge in [-0.05, 0) is 28.6 Å². The van der Waals surface area contributed by atoms with Crippen molar-refractivity contribution in [2.45, 2.75) is 0 Å². The van der Waals surface area contributed by atoms with Crippen LogP contribution in [0.15, 0.2) is 84.9 Å². The van der Waals surface area contributed by atoms with Gasteiger partial charge in [-0.15, -0.1) is 0 Å². The molecule has 0 aromatic heterocycles. The number of benzene rings is 4. The number of nitrogens with one attached hydrogen (secondary N) is 2. The zero-order valence-electron chi connectivity index (χ0n) is 14.9. The Bertz CT molecular complexity index is 1260. The first-order chi connectivity index (χ1) is 13.7. The quantitative estimate of drug-likeness (QED) is 0.422. The zero-order valence-corrected chi connectivity index (χ0v) is 14.9. The molecule has 4 nitrogen and oxygen atoms in total. The predicted octanol–water partition coefficient (Wildman–Crippen LogP) is 5.70. The molecule has 28 heavy (non-hydrogen) atoms. The molecule has 2 amide bonds. The molecule has 134 valence electrons. The number of carbonyl (C=O) groups excluding carboxylic acids is 2. The number of hydrogen-bond acceptors (Lipinski definition) is 2. The molecule has 1 aliphatic carbocycles. The van der Waals surface area contributed by atoms with Gasteiger partial charge in [-0.1, -0.05) is 72.8 Å². The Labute approximate surface area is 161 Å². The van der Waals surface area contributed by atoms with E-state index in [1.807, 2.05) is 78.9 Å². The van der Waals surface area contributed by atoms with Gasteiger partial charge in [0.05, 0.1) is 16.9 Å². The molecule has 0 heterocycles. The Hall–Kier alpha value is -3.92. The second kappa shape index (κ2) is 6.35. The first kappa shape index (κ1) is 16.3. The SMILES string of the molecule is O=C(Nc1cccc2c1C(=O)c1ccccc1-2)Nc1cccc2ccccc12. The zero-order chi connectivity index (χ0) is 19.1. The van der Waals surface area contributed by atoms with Crippen molar-refractivity contribution in [2.75, 3.05) is 10.6 Å². The molecule has 0 bridgehead atoms. The normalized spacial score (nSPS) is 11.8. The summed E-state index contributed by atoms with van der Waals surface area (Å²) in [5.74, 6) is -0.0633. The number of urea groups is 1. The first-order valence-electron chi connectivity index (χ1n) is 9.05. The molecule has 5 rings (SSSR count). The average molecular weight is 364 g/mol. The third-order valence-corrected chi connectivity index (χ3v) is 5.04. The monoisotopic (exact) mass is 364 g/mol. The maximum atomic E-state index is 12.9. The lowest BCUT2D eigenvalue weighted by Gasteiger charge is -2.12. The summed E-state index contributed by atoms with van der Waals surface area (Å²) < 4.78 is 0. The molecule has 0 saturated heterocycles. The second-order valence-electron chi connectivity index (χ2n) is 6.71. The third kappa shape index (κ3) is 2.55. The molecular weight excluding hydrogens is 348 g/mol. The molecule has 0 fully saturated rings. The van der Waals surface area contributed by atoms with Crippen molar-refractivity contribution < 1.29 is 9.59 Å². The van der Waals surface area contributed by atoms with E-state index in [4.69, 9.17) is 0 Å². The van der Waals surface area contributed by atoms with Crippen molar-refractivity contribution in [1.29, 1.82) is 0 Å². The minimum Gasteiger partial charge on any atom is -0.307 e. The first-order valence-corrected chi connectivity index (χ1v) is 9.05. The van der Waals surface area contributed by atoms with E-state index in [9.17, 15) is 9.59 Å². The summed E-state index contributed by atoms with van der Waals surface area (Å²) in [7, 11) is 0. The van der Waals surface area contributed by atoms with Crippen molar-refractivity contribution in [2.24, 2.45) is 0 Å². The number of anilines is 2. The van der Waals surface area contributed by atoms with Crippen LogP contribution in [0.2, 0.25) is 0 Å². The van der Waals surface area contributed by atoms with Gasteiger partial charge in [-0.2, -0.15) is 0 Å². The predicted molar refractivity (Wildman–Crippen MR) is 112 cm³/mol. The largest absolute Gasteiger partial charge is 0.323 e. The van der Waals surface area contributed by atoms with Crippen molar-refractivity contribution >= 4 is 34.0 Å². The van der Waals surface area contributed by atoms with E-state index in [0.717, 1.165) is 27.6 Å². The van der Waals surface area contributed by atoms with E-state index >= 15 is 0 Å². The summed E-state index contributed by atoms with van der Waals surface area (Å²) in [6.07, 6.45) is 0. The Morgan fingerprint density at radius 1 is 0.607 bits per heavy atom. The van der Waals surface area contributed by atoms with Gasteiger partial charge in [-0.25, -0.2) is 4.79 Å². The Kier molecular flexibility index (Phi) is 3.69. The number of fused-ring (bicyclic) bond motifs is 4. The fraction of sp³-hybridized carbons (Fsp3) is 0. The standard InChI is InChI=1S/C24H16N2O2/c27-23-19-11-4-3-10-17(19)18-12-6-14-21(22(18)23)26-24(28)25-20-13-5-8-15-7-1-2-9-16(15)20/h1-14H,(H2,25,26,28). The maximum Gasteiger partial charge on any atom is 0.323 e. The molecule has 0 atom stereocenters. The van der Waals surface area contributed by atoms with Crippen molar-refractivity contribution in [3.8, 4) is 11.1 Å². The topological polar surface area (TPSA) is 58.2 Å². The summed E-state index contributed by atoms with van der Waals surface area (Å²) in [6.45, 7) is 0. The van der Waals surface area contributed by atoms with E-state index in [0.29, 0.717) is 16.8 Å². The van der Waals surface area contributed by atoms with E-state index in [1.54, 1.807) is 6.07 Å². The lowest BCUT2D eigenvalue weighted by molar-refractivity contribution is 0.104. The fourth-order valence-corrected chi connectivity index (χ4v) is 3.79. The Morgan fingerprint density at radius 2 is 1.21 bits per heavy atom. The minimum absolute atomic E-state index is 0.0633. The summed E-state index contributed by atoms with van der Waals surface area (Å²) in [5.41, 5.74) is 4.19. The molecule has 4 aromatic carbocycles. The molecule has 0 saturated carbocycles. The molecule has 2 N–H and O–H groups in total. The van der Waals surface area contributed by atoms with Gasteiger partial charge in [0.25, 0.3) is 0 Å². The van der Waals surface area contributed by atoms with Crippen molar-refractivity contribution in [3.05, 3.63) is 96.1 Å². The van der Waals surface area contributed by atoms with Crippen LogP contribution in [-0.2, 0) is 0 Å². The van der Waals surface area contributed by atoms with Gasteiger partial charge in [-0.3, -0.25) is 4.79 Å². The molecule has 0 radical (unpaired) electrons. The van der Waals surface area contributed by atoms with Crippen LogP contribution < -0.4 is 10.6 Å². The van der Waals surface area contributed by atoms with Crippen LogP contribution in [0.1, 0.15) is 15.9 Å². The highest BCUT2D eigenvalue weighted by molar-refractivity contribution is 6.25. The number of rotatable bonds is 2. The van der Waals surface area contributed by atoms with Gasteiger partial charge in [0.2, 0.25) is 0 Å². The number of ketones is 1. The van der Waals surface area contributed by atoms with Gasteiger partial charge >= 0.3 is 6.03 Å². The van der Waals surface area contributed by atoms with E-state index in [2.05, 4.69) is 10.6 Å². The molecule has 0 spiro atoms. The van der Waals surface area contributed by atoms with Gasteiger partial charge in [0.1, 0.15) is 0 Å². The lowest BCUT2D eigenvalue weighted by atomic mass is 10.0. The average Bonchev–Trinajstić information content (AvgIpc) is 3.02. The highest BCUT2D eigenvalue weighted by Crippen LogP contribution is 2.40. The van der Waals surface area contributed by atoms with E-state index in [1.165, 1.54) is 0 Å². The maximum absolute atomic E-state index is 12.9. The van der Waals surface area contributed by atoms with Crippen LogP contribution in [0.25, 0.3) is 21.9 Å². The molecule has 0 unspecified atom stereocenters. The van der Waals surface area contributed by atoms with Gasteiger partial charge < -0.3 is 10.6 Å². The number of hydrogen-bond donors (Lipinski definition) is 2. The minimum atomic E-state index is -0.381. The van der Waals surface area contributed by atoms with Crippen molar-refractivity contribution in [3.63, 3.8) is 0 Å². The van der Waals surface area contributed by atoms with Crippen LogP contribution in [0.5, 0.6) is 0 Å². The summed E-state index contributed by atoms with van der Waals surface area (Å²) in [4.78, 5) is 25.5. The van der Waals surface area contributed by atoms with E-state index < -0.39 is 0 Å². The molecule has 1 aliphatic rings. The Balaban J connectivity index is 1.46.